The Hall–Kier alpha value is -2.39. The summed E-state index contributed by atoms with van der Waals surface area (Å²) in [4.78, 5) is 33.9. The molecule has 1 atom stereocenters. The highest BCUT2D eigenvalue weighted by Crippen LogP contribution is 2.21. The number of hydrogen-bond acceptors (Lipinski definition) is 7. The average molecular weight is 391 g/mol. The molecule has 3 heterocycles. The van der Waals surface area contributed by atoms with Gasteiger partial charge in [0, 0.05) is 64.3 Å². The van der Waals surface area contributed by atoms with E-state index >= 15 is 0 Å². The highest BCUT2D eigenvalue weighted by atomic mass is 16.6. The zero-order valence-electron chi connectivity index (χ0n) is 16.3. The summed E-state index contributed by atoms with van der Waals surface area (Å²) in [5.74, 6) is 0.306. The van der Waals surface area contributed by atoms with Gasteiger partial charge in [-0.2, -0.15) is 0 Å². The van der Waals surface area contributed by atoms with Crippen molar-refractivity contribution >= 4 is 17.8 Å². The van der Waals surface area contributed by atoms with Crippen molar-refractivity contribution in [3.63, 3.8) is 0 Å². The van der Waals surface area contributed by atoms with Crippen molar-refractivity contribution in [1.82, 2.24) is 14.8 Å². The van der Waals surface area contributed by atoms with Gasteiger partial charge < -0.3 is 25.4 Å². The highest BCUT2D eigenvalue weighted by molar-refractivity contribution is 5.92. The third-order valence-corrected chi connectivity index (χ3v) is 5.53. The standard InChI is InChI=1S/C19H29N5O4/c1-14(13-25)22-8-10-24(11-9-22)19(27)28-16-4-6-23(7-5-16)17-3-2-15(12-21-17)18(20)26/h2-3,12,14,16,25H,4-11,13H2,1H3,(H2,20,26)/t14-/m1/s1. The number of primary amides is 1. The molecule has 3 N–H and O–H groups in total. The Morgan fingerprint density at radius 2 is 1.89 bits per heavy atom. The van der Waals surface area contributed by atoms with Crippen LogP contribution >= 0.6 is 0 Å². The maximum absolute atomic E-state index is 12.4. The lowest BCUT2D eigenvalue weighted by Crippen LogP contribution is -2.52. The van der Waals surface area contributed by atoms with Crippen molar-refractivity contribution in [3.05, 3.63) is 23.9 Å². The second kappa shape index (κ2) is 9.20. The summed E-state index contributed by atoms with van der Waals surface area (Å²) in [5, 5.41) is 9.24. The molecule has 154 valence electrons. The number of rotatable bonds is 5. The van der Waals surface area contributed by atoms with E-state index in [-0.39, 0.29) is 24.8 Å². The van der Waals surface area contributed by atoms with Gasteiger partial charge in [0.1, 0.15) is 11.9 Å². The Labute approximate surface area is 165 Å². The molecule has 2 aliphatic heterocycles. The van der Waals surface area contributed by atoms with Crippen LogP contribution in [0.3, 0.4) is 0 Å². The number of nitrogens with two attached hydrogens (primary N) is 1. The molecule has 9 nitrogen and oxygen atoms in total. The molecule has 0 bridgehead atoms. The van der Waals surface area contributed by atoms with Gasteiger partial charge in [0.05, 0.1) is 12.2 Å². The molecule has 0 spiro atoms. The molecular formula is C19H29N5O4. The number of piperidine rings is 1. The van der Waals surface area contributed by atoms with Crippen molar-refractivity contribution in [2.75, 3.05) is 50.8 Å². The second-order valence-electron chi connectivity index (χ2n) is 7.39. The summed E-state index contributed by atoms with van der Waals surface area (Å²) < 4.78 is 5.70. The maximum atomic E-state index is 12.4. The third kappa shape index (κ3) is 4.90. The van der Waals surface area contributed by atoms with E-state index in [1.807, 2.05) is 6.92 Å². The summed E-state index contributed by atoms with van der Waals surface area (Å²) >= 11 is 0. The molecule has 2 saturated heterocycles. The number of pyridine rings is 1. The van der Waals surface area contributed by atoms with Crippen LogP contribution < -0.4 is 10.6 Å². The average Bonchev–Trinajstić information content (AvgIpc) is 2.74. The van der Waals surface area contributed by atoms with Gasteiger partial charge in [-0.3, -0.25) is 9.69 Å². The van der Waals surface area contributed by atoms with Gasteiger partial charge in [0.15, 0.2) is 0 Å². The highest BCUT2D eigenvalue weighted by Gasteiger charge is 2.28. The number of carbonyl (C=O) groups excluding carboxylic acids is 2. The molecule has 3 rings (SSSR count). The number of ether oxygens (including phenoxy) is 1. The molecule has 28 heavy (non-hydrogen) atoms. The number of carbonyl (C=O) groups is 2. The first kappa shape index (κ1) is 20.3. The Balaban J connectivity index is 1.43. The number of amides is 2. The van der Waals surface area contributed by atoms with Gasteiger partial charge in [-0.15, -0.1) is 0 Å². The van der Waals surface area contributed by atoms with Crippen molar-refractivity contribution in [1.29, 1.82) is 0 Å². The molecule has 1 aromatic rings. The topological polar surface area (TPSA) is 112 Å². The molecular weight excluding hydrogens is 362 g/mol. The summed E-state index contributed by atoms with van der Waals surface area (Å²) in [7, 11) is 0. The molecule has 2 fully saturated rings. The summed E-state index contributed by atoms with van der Waals surface area (Å²) in [5.41, 5.74) is 5.63. The van der Waals surface area contributed by atoms with Crippen molar-refractivity contribution in [3.8, 4) is 0 Å². The van der Waals surface area contributed by atoms with Crippen molar-refractivity contribution in [2.24, 2.45) is 5.73 Å². The van der Waals surface area contributed by atoms with Crippen molar-refractivity contribution < 1.29 is 19.4 Å². The van der Waals surface area contributed by atoms with Gasteiger partial charge in [-0.25, -0.2) is 9.78 Å². The van der Waals surface area contributed by atoms with Crippen LogP contribution in [0.5, 0.6) is 0 Å². The van der Waals surface area contributed by atoms with Gasteiger partial charge in [-0.1, -0.05) is 0 Å². The summed E-state index contributed by atoms with van der Waals surface area (Å²) in [6.07, 6.45) is 2.63. The predicted octanol–water partition coefficient (Wildman–Crippen LogP) is 0.284. The predicted molar refractivity (Wildman–Crippen MR) is 104 cm³/mol. The molecule has 0 aliphatic carbocycles. The fourth-order valence-electron chi connectivity index (χ4n) is 3.60. The van der Waals surface area contributed by atoms with Crippen LogP contribution in [0.1, 0.15) is 30.1 Å². The minimum atomic E-state index is -0.490. The van der Waals surface area contributed by atoms with E-state index in [9.17, 15) is 14.7 Å². The molecule has 1 aromatic heterocycles. The monoisotopic (exact) mass is 391 g/mol. The largest absolute Gasteiger partial charge is 0.446 e. The zero-order chi connectivity index (χ0) is 20.1. The van der Waals surface area contributed by atoms with E-state index in [2.05, 4.69) is 14.8 Å². The van der Waals surface area contributed by atoms with Crippen LogP contribution in [-0.2, 0) is 4.74 Å². The SMILES string of the molecule is C[C@H](CO)N1CCN(C(=O)OC2CCN(c3ccc(C(N)=O)cn3)CC2)CC1. The number of aromatic nitrogens is 1. The molecule has 0 radical (unpaired) electrons. The molecule has 2 amide bonds. The third-order valence-electron chi connectivity index (χ3n) is 5.53. The molecule has 9 heteroatoms. The number of aliphatic hydroxyl groups excluding tert-OH is 1. The fourth-order valence-corrected chi connectivity index (χ4v) is 3.60. The van der Waals surface area contributed by atoms with E-state index in [1.165, 1.54) is 6.20 Å². The number of piperazine rings is 1. The minimum absolute atomic E-state index is 0.0944. The van der Waals surface area contributed by atoms with E-state index in [1.54, 1.807) is 17.0 Å². The molecule has 0 aromatic carbocycles. The quantitative estimate of drug-likeness (QED) is 0.742. The Morgan fingerprint density at radius 3 is 2.43 bits per heavy atom. The number of aliphatic hydroxyl groups is 1. The first-order valence-corrected chi connectivity index (χ1v) is 9.79. The first-order valence-electron chi connectivity index (χ1n) is 9.79. The fraction of sp³-hybridized carbons (Fsp3) is 0.632. The van der Waals surface area contributed by atoms with Gasteiger partial charge in [0.25, 0.3) is 0 Å². The Kier molecular flexibility index (Phi) is 6.69. The van der Waals surface area contributed by atoms with Gasteiger partial charge in [0.2, 0.25) is 5.91 Å². The smallest absolute Gasteiger partial charge is 0.410 e. The molecule has 2 aliphatic rings. The van der Waals surface area contributed by atoms with Crippen molar-refractivity contribution in [2.45, 2.75) is 31.9 Å². The lowest BCUT2D eigenvalue weighted by Gasteiger charge is -2.38. The normalized spacial score (nSPS) is 20.1. The van der Waals surface area contributed by atoms with E-state index in [0.29, 0.717) is 18.7 Å². The van der Waals surface area contributed by atoms with E-state index < -0.39 is 5.91 Å². The van der Waals surface area contributed by atoms with Crippen LogP contribution in [0.25, 0.3) is 0 Å². The van der Waals surface area contributed by atoms with Gasteiger partial charge >= 0.3 is 6.09 Å². The van der Waals surface area contributed by atoms with E-state index in [0.717, 1.165) is 44.8 Å². The lowest BCUT2D eigenvalue weighted by molar-refractivity contribution is 0.0275. The van der Waals surface area contributed by atoms with Crippen LogP contribution in [0.4, 0.5) is 10.6 Å². The van der Waals surface area contributed by atoms with Crippen LogP contribution in [-0.4, -0.2) is 89.9 Å². The summed E-state index contributed by atoms with van der Waals surface area (Å²) in [6, 6.07) is 3.58. The number of hydrogen-bond donors (Lipinski definition) is 2. The molecule has 0 saturated carbocycles. The van der Waals surface area contributed by atoms with Crippen LogP contribution in [0.2, 0.25) is 0 Å². The number of anilines is 1. The van der Waals surface area contributed by atoms with Crippen LogP contribution in [0.15, 0.2) is 18.3 Å². The van der Waals surface area contributed by atoms with Crippen LogP contribution in [0, 0.1) is 0 Å². The minimum Gasteiger partial charge on any atom is -0.446 e. The maximum Gasteiger partial charge on any atom is 0.410 e. The van der Waals surface area contributed by atoms with E-state index in [4.69, 9.17) is 10.5 Å². The second-order valence-corrected chi connectivity index (χ2v) is 7.39. The molecule has 0 unspecified atom stereocenters. The Morgan fingerprint density at radius 1 is 1.21 bits per heavy atom. The first-order chi connectivity index (χ1) is 13.5. The number of nitrogens with zero attached hydrogens (tertiary/aromatic N) is 4. The zero-order valence-corrected chi connectivity index (χ0v) is 16.3. The summed E-state index contributed by atoms with van der Waals surface area (Å²) in [6.45, 7) is 6.34. The van der Waals surface area contributed by atoms with Gasteiger partial charge in [-0.05, 0) is 19.1 Å². The Bertz CT molecular complexity index is 667. The lowest BCUT2D eigenvalue weighted by atomic mass is 10.1.